The van der Waals surface area contributed by atoms with Crippen molar-refractivity contribution < 1.29 is 17.6 Å². The van der Waals surface area contributed by atoms with E-state index in [-0.39, 0.29) is 11.1 Å². The molecule has 0 aromatic heterocycles. The summed E-state index contributed by atoms with van der Waals surface area (Å²) in [4.78, 5) is 3.29. The van der Waals surface area contributed by atoms with Crippen LogP contribution in [0.1, 0.15) is 55.7 Å². The third-order valence-corrected chi connectivity index (χ3v) is 5.22. The number of thiocarbonyl (C=S) groups is 1. The minimum absolute atomic E-state index is 0.0857. The van der Waals surface area contributed by atoms with Gasteiger partial charge in [-0.25, -0.2) is 17.6 Å². The second-order valence-corrected chi connectivity index (χ2v) is 7.93. The molecule has 0 heterocycles. The number of isothiocyanates is 1. The molecule has 0 saturated heterocycles. The average Bonchev–Trinajstić information content (AvgIpc) is 2.82. The van der Waals surface area contributed by atoms with Gasteiger partial charge in [0.2, 0.25) is 0 Å². The Hall–Kier alpha value is -3.70. The van der Waals surface area contributed by atoms with Gasteiger partial charge in [0.15, 0.2) is 11.6 Å². The number of halogens is 4. The standard InChI is InChI=1S/C29H21F4NS/c1-2-3-4-5-6-7-8-20-9-11-21(12-10-20)13-14-22-15-24(30)28(25(31)16-22)23-17-26(32)29(34-19-35)27(33)18-23/h9-12,15-18H,2-6H2,1H3. The van der Waals surface area contributed by atoms with Gasteiger partial charge >= 0.3 is 0 Å². The first-order chi connectivity index (χ1) is 16.9. The molecule has 0 N–H and O–H groups in total. The highest BCUT2D eigenvalue weighted by atomic mass is 32.1. The van der Waals surface area contributed by atoms with Crippen LogP contribution >= 0.6 is 12.2 Å². The van der Waals surface area contributed by atoms with Crippen molar-refractivity contribution in [3.8, 4) is 34.8 Å². The highest BCUT2D eigenvalue weighted by Gasteiger charge is 2.18. The maximum absolute atomic E-state index is 14.7. The average molecular weight is 492 g/mol. The molecule has 3 aromatic carbocycles. The SMILES string of the molecule is CCCCCCC#Cc1ccc(C#Cc2cc(F)c(-c3cc(F)c(N=C=S)c(F)c3)c(F)c2)cc1. The maximum Gasteiger partial charge on any atom is 0.153 e. The Morgan fingerprint density at radius 3 is 1.86 bits per heavy atom. The lowest BCUT2D eigenvalue weighted by molar-refractivity contribution is 0.580. The van der Waals surface area contributed by atoms with Gasteiger partial charge in [-0.2, -0.15) is 4.99 Å². The van der Waals surface area contributed by atoms with E-state index in [2.05, 4.69) is 47.8 Å². The van der Waals surface area contributed by atoms with Gasteiger partial charge in [-0.1, -0.05) is 49.9 Å². The summed E-state index contributed by atoms with van der Waals surface area (Å²) >= 11 is 4.35. The fraction of sp³-hybridized carbons (Fsp3) is 0.207. The minimum atomic E-state index is -1.11. The minimum Gasteiger partial charge on any atom is -0.206 e. The first-order valence-electron chi connectivity index (χ1n) is 11.1. The molecule has 0 aliphatic rings. The molecule has 35 heavy (non-hydrogen) atoms. The molecule has 0 aliphatic carbocycles. The van der Waals surface area contributed by atoms with E-state index in [4.69, 9.17) is 0 Å². The number of hydrogen-bond donors (Lipinski definition) is 0. The van der Waals surface area contributed by atoms with Crippen LogP contribution < -0.4 is 0 Å². The van der Waals surface area contributed by atoms with Crippen molar-refractivity contribution in [3.05, 3.63) is 88.5 Å². The van der Waals surface area contributed by atoms with E-state index in [1.165, 1.54) is 19.3 Å². The topological polar surface area (TPSA) is 12.4 Å². The fourth-order valence-corrected chi connectivity index (χ4v) is 3.46. The quantitative estimate of drug-likeness (QED) is 0.111. The van der Waals surface area contributed by atoms with E-state index < -0.39 is 34.5 Å². The molecule has 3 aromatic rings. The van der Waals surface area contributed by atoms with Crippen LogP contribution in [0.3, 0.4) is 0 Å². The molecule has 6 heteroatoms. The summed E-state index contributed by atoms with van der Waals surface area (Å²) in [6.07, 6.45) is 5.55. The molecule has 0 bridgehead atoms. The monoisotopic (exact) mass is 491 g/mol. The fourth-order valence-electron chi connectivity index (χ4n) is 3.37. The third kappa shape index (κ3) is 7.14. The smallest absolute Gasteiger partial charge is 0.153 e. The van der Waals surface area contributed by atoms with Crippen molar-refractivity contribution >= 4 is 23.1 Å². The van der Waals surface area contributed by atoms with Gasteiger partial charge < -0.3 is 0 Å². The molecule has 0 amide bonds. The van der Waals surface area contributed by atoms with Crippen LogP contribution in [0.2, 0.25) is 0 Å². The van der Waals surface area contributed by atoms with Gasteiger partial charge in [0, 0.05) is 23.1 Å². The first-order valence-corrected chi connectivity index (χ1v) is 11.5. The number of hydrogen-bond acceptors (Lipinski definition) is 2. The Bertz CT molecular complexity index is 1340. The van der Waals surface area contributed by atoms with Gasteiger partial charge in [-0.15, -0.1) is 0 Å². The van der Waals surface area contributed by atoms with Crippen molar-refractivity contribution in [2.75, 3.05) is 0 Å². The van der Waals surface area contributed by atoms with Gasteiger partial charge in [0.05, 0.1) is 10.7 Å². The molecule has 3 rings (SSSR count). The first kappa shape index (κ1) is 25.9. The highest BCUT2D eigenvalue weighted by Crippen LogP contribution is 2.32. The summed E-state index contributed by atoms with van der Waals surface area (Å²) in [6, 6.07) is 10.9. The molecule has 1 nitrogen and oxygen atoms in total. The Balaban J connectivity index is 1.77. The van der Waals surface area contributed by atoms with E-state index >= 15 is 0 Å². The van der Waals surface area contributed by atoms with Crippen LogP contribution in [0.25, 0.3) is 11.1 Å². The van der Waals surface area contributed by atoms with E-state index in [1.807, 2.05) is 17.3 Å². The van der Waals surface area contributed by atoms with Gasteiger partial charge in [0.25, 0.3) is 0 Å². The Morgan fingerprint density at radius 2 is 1.29 bits per heavy atom. The summed E-state index contributed by atoms with van der Waals surface area (Å²) in [5.74, 6) is 7.63. The lowest BCUT2D eigenvalue weighted by Gasteiger charge is -2.08. The van der Waals surface area contributed by atoms with E-state index in [0.29, 0.717) is 5.56 Å². The van der Waals surface area contributed by atoms with Gasteiger partial charge in [-0.3, -0.25) is 0 Å². The second-order valence-electron chi connectivity index (χ2n) is 7.75. The summed E-state index contributed by atoms with van der Waals surface area (Å²) < 4.78 is 57.6. The van der Waals surface area contributed by atoms with Crippen molar-refractivity contribution in [1.82, 2.24) is 0 Å². The number of rotatable bonds is 6. The highest BCUT2D eigenvalue weighted by molar-refractivity contribution is 7.78. The van der Waals surface area contributed by atoms with Crippen molar-refractivity contribution in [2.45, 2.75) is 39.0 Å². The Labute approximate surface area is 207 Å². The van der Waals surface area contributed by atoms with E-state index in [0.717, 1.165) is 42.7 Å². The zero-order valence-electron chi connectivity index (χ0n) is 19.0. The molecular formula is C29H21F4NS. The zero-order valence-corrected chi connectivity index (χ0v) is 19.8. The predicted octanol–water partition coefficient (Wildman–Crippen LogP) is 8.37. The molecule has 0 aliphatic heterocycles. The second kappa shape index (κ2) is 12.7. The maximum atomic E-state index is 14.7. The largest absolute Gasteiger partial charge is 0.206 e. The van der Waals surface area contributed by atoms with E-state index in [1.54, 1.807) is 12.1 Å². The van der Waals surface area contributed by atoms with Crippen molar-refractivity contribution in [2.24, 2.45) is 4.99 Å². The molecule has 0 fully saturated rings. The molecule has 0 unspecified atom stereocenters. The molecular weight excluding hydrogens is 470 g/mol. The molecule has 0 atom stereocenters. The molecule has 176 valence electrons. The zero-order chi connectivity index (χ0) is 25.2. The van der Waals surface area contributed by atoms with Crippen LogP contribution in [0, 0.1) is 47.0 Å². The Morgan fingerprint density at radius 1 is 0.714 bits per heavy atom. The summed E-state index contributed by atoms with van der Waals surface area (Å²) in [5, 5.41) is 1.86. The summed E-state index contributed by atoms with van der Waals surface area (Å²) in [5.41, 5.74) is 0.0683. The normalized spacial score (nSPS) is 9.97. The summed E-state index contributed by atoms with van der Waals surface area (Å²) in [6.45, 7) is 2.17. The number of nitrogens with zero attached hydrogens (tertiary/aromatic N) is 1. The van der Waals surface area contributed by atoms with E-state index in [9.17, 15) is 17.6 Å². The van der Waals surface area contributed by atoms with Crippen molar-refractivity contribution in [1.29, 1.82) is 0 Å². The third-order valence-electron chi connectivity index (χ3n) is 5.13. The molecule has 0 radical (unpaired) electrons. The molecule has 0 spiro atoms. The summed E-state index contributed by atoms with van der Waals surface area (Å²) in [7, 11) is 0. The van der Waals surface area contributed by atoms with Crippen molar-refractivity contribution in [3.63, 3.8) is 0 Å². The van der Waals surface area contributed by atoms with Gasteiger partial charge in [0.1, 0.15) is 17.3 Å². The lowest BCUT2D eigenvalue weighted by Crippen LogP contribution is -1.95. The number of aliphatic imine (C=N–C) groups is 1. The van der Waals surface area contributed by atoms with Crippen LogP contribution in [0.5, 0.6) is 0 Å². The molecule has 0 saturated carbocycles. The number of unbranched alkanes of at least 4 members (excludes halogenated alkanes) is 4. The van der Waals surface area contributed by atoms with Crippen LogP contribution in [0.15, 0.2) is 53.5 Å². The number of benzene rings is 3. The van der Waals surface area contributed by atoms with Crippen LogP contribution in [-0.2, 0) is 0 Å². The Kier molecular flexibility index (Phi) is 9.39. The van der Waals surface area contributed by atoms with Crippen LogP contribution in [-0.4, -0.2) is 5.16 Å². The predicted molar refractivity (Wildman–Crippen MR) is 134 cm³/mol. The van der Waals surface area contributed by atoms with Gasteiger partial charge in [-0.05, 0) is 72.7 Å². The van der Waals surface area contributed by atoms with Crippen LogP contribution in [0.4, 0.5) is 23.2 Å². The lowest BCUT2D eigenvalue weighted by atomic mass is 10.0.